The third-order valence-corrected chi connectivity index (χ3v) is 6.86. The van der Waals surface area contributed by atoms with Crippen molar-refractivity contribution in [3.05, 3.63) is 48.2 Å². The Bertz CT molecular complexity index is 792. The van der Waals surface area contributed by atoms with E-state index in [1.54, 1.807) is 5.57 Å². The first kappa shape index (κ1) is 23.6. The topological polar surface area (TPSA) is 65.4 Å². The van der Waals surface area contributed by atoms with Crippen molar-refractivity contribution in [2.75, 3.05) is 11.9 Å². The Morgan fingerprint density at radius 1 is 1.29 bits per heavy atom. The van der Waals surface area contributed by atoms with E-state index in [4.69, 9.17) is 0 Å². The van der Waals surface area contributed by atoms with Crippen LogP contribution >= 0.6 is 0 Å². The van der Waals surface area contributed by atoms with Gasteiger partial charge in [0.1, 0.15) is 5.82 Å². The Kier molecular flexibility index (Phi) is 9.18. The molecule has 4 nitrogen and oxygen atoms in total. The predicted octanol–water partition coefficient (Wildman–Crippen LogP) is 4.96. The number of allylic oxidation sites excluding steroid dienone is 2. The molecule has 0 saturated heterocycles. The largest absolute Gasteiger partial charge is 0.392 e. The zero-order valence-electron chi connectivity index (χ0n) is 19.0. The zero-order valence-corrected chi connectivity index (χ0v) is 19.0. The summed E-state index contributed by atoms with van der Waals surface area (Å²) in [6, 6.07) is 5.93. The highest BCUT2D eigenvalue weighted by molar-refractivity contribution is 5.32. The first-order valence-corrected chi connectivity index (χ1v) is 11.8. The molecular weight excluding hydrogens is 384 g/mol. The number of nitrogens with zero attached hydrogens (tertiary/aromatic N) is 1. The molecule has 168 valence electrons. The summed E-state index contributed by atoms with van der Waals surface area (Å²) in [6.07, 6.45) is 14.7. The molecule has 0 bridgehead atoms. The first-order valence-electron chi connectivity index (χ1n) is 11.8. The fourth-order valence-electron chi connectivity index (χ4n) is 5.01. The summed E-state index contributed by atoms with van der Waals surface area (Å²) in [5.74, 6) is 8.26. The highest BCUT2D eigenvalue weighted by Crippen LogP contribution is 2.50. The van der Waals surface area contributed by atoms with E-state index in [1.807, 2.05) is 44.3 Å². The number of aromatic nitrogens is 1. The first-order chi connectivity index (χ1) is 15.1. The normalized spacial score (nSPS) is 28.3. The van der Waals surface area contributed by atoms with E-state index in [2.05, 4.69) is 34.3 Å². The molecule has 3 N–H and O–H groups in total. The molecule has 2 saturated carbocycles. The van der Waals surface area contributed by atoms with Gasteiger partial charge in [-0.05, 0) is 75.3 Å². The lowest BCUT2D eigenvalue weighted by atomic mass is 9.89. The van der Waals surface area contributed by atoms with Gasteiger partial charge in [0.15, 0.2) is 0 Å². The van der Waals surface area contributed by atoms with E-state index >= 15 is 0 Å². The monoisotopic (exact) mass is 422 g/mol. The molecule has 1 aromatic heterocycles. The van der Waals surface area contributed by atoms with E-state index in [0.717, 1.165) is 44.5 Å². The second-order valence-corrected chi connectivity index (χ2v) is 9.20. The maximum Gasteiger partial charge on any atom is 0.125 e. The van der Waals surface area contributed by atoms with Crippen molar-refractivity contribution in [1.29, 1.82) is 0 Å². The minimum Gasteiger partial charge on any atom is -0.392 e. The zero-order chi connectivity index (χ0) is 22.1. The third kappa shape index (κ3) is 6.95. The van der Waals surface area contributed by atoms with Crippen molar-refractivity contribution in [3.8, 4) is 11.8 Å². The molecule has 0 aromatic carbocycles. The molecule has 6 atom stereocenters. The van der Waals surface area contributed by atoms with Crippen molar-refractivity contribution in [2.45, 2.75) is 71.0 Å². The van der Waals surface area contributed by atoms with Gasteiger partial charge in [-0.2, -0.15) is 0 Å². The molecule has 1 heterocycles. The van der Waals surface area contributed by atoms with Crippen molar-refractivity contribution >= 4 is 5.82 Å². The summed E-state index contributed by atoms with van der Waals surface area (Å²) in [5.41, 5.74) is 1.56. The van der Waals surface area contributed by atoms with Crippen LogP contribution in [0.25, 0.3) is 0 Å². The van der Waals surface area contributed by atoms with Crippen LogP contribution in [0.3, 0.4) is 0 Å². The predicted molar refractivity (Wildman–Crippen MR) is 127 cm³/mol. The summed E-state index contributed by atoms with van der Waals surface area (Å²) in [6.45, 7) is 4.80. The van der Waals surface area contributed by atoms with Gasteiger partial charge in [0, 0.05) is 25.1 Å². The third-order valence-electron chi connectivity index (χ3n) is 6.86. The van der Waals surface area contributed by atoms with E-state index in [-0.39, 0.29) is 17.9 Å². The fraction of sp³-hybridized carbons (Fsp3) is 0.593. The van der Waals surface area contributed by atoms with E-state index < -0.39 is 6.10 Å². The minimum absolute atomic E-state index is 0.115. The van der Waals surface area contributed by atoms with Gasteiger partial charge in [0.2, 0.25) is 0 Å². The lowest BCUT2D eigenvalue weighted by Gasteiger charge is -2.19. The van der Waals surface area contributed by atoms with Crippen LogP contribution in [0.2, 0.25) is 0 Å². The van der Waals surface area contributed by atoms with Crippen molar-refractivity contribution < 1.29 is 10.2 Å². The molecule has 0 amide bonds. The Balaban J connectivity index is 1.41. The maximum absolute atomic E-state index is 10.6. The molecule has 1 aromatic rings. The average Bonchev–Trinajstić information content (AvgIpc) is 3.29. The number of aliphatic hydroxyl groups excluding tert-OH is 2. The Labute approximate surface area is 187 Å². The molecule has 0 unspecified atom stereocenters. The van der Waals surface area contributed by atoms with Crippen LogP contribution in [-0.4, -0.2) is 33.9 Å². The molecule has 2 aliphatic rings. The SMILES string of the molecule is CC#CC[C@H](C)[C@H](O)/C=C/[C@@H]1[C@H]2C/C(=C/CCCCNc3ccccn3)C[C@H]2C[C@H]1O. The molecule has 2 fully saturated rings. The Hall–Kier alpha value is -2.09. The highest BCUT2D eigenvalue weighted by atomic mass is 16.3. The van der Waals surface area contributed by atoms with Crippen LogP contribution in [-0.2, 0) is 0 Å². The van der Waals surface area contributed by atoms with Gasteiger partial charge in [0.05, 0.1) is 12.2 Å². The quantitative estimate of drug-likeness (QED) is 0.283. The summed E-state index contributed by atoms with van der Waals surface area (Å²) >= 11 is 0. The lowest BCUT2D eigenvalue weighted by Crippen LogP contribution is -2.19. The lowest BCUT2D eigenvalue weighted by molar-refractivity contribution is 0.137. The van der Waals surface area contributed by atoms with Gasteiger partial charge in [-0.1, -0.05) is 36.8 Å². The van der Waals surface area contributed by atoms with Gasteiger partial charge < -0.3 is 15.5 Å². The van der Waals surface area contributed by atoms with Crippen molar-refractivity contribution in [1.82, 2.24) is 4.98 Å². The number of pyridine rings is 1. The van der Waals surface area contributed by atoms with E-state index in [9.17, 15) is 10.2 Å². The van der Waals surface area contributed by atoms with Gasteiger partial charge in [0.25, 0.3) is 0 Å². The molecule has 31 heavy (non-hydrogen) atoms. The standard InChI is InChI=1S/C27H38N2O2/c1-3-4-10-20(2)25(30)14-13-23-24-18-21(17-22(24)19-26(23)31)11-6-5-8-15-28-27-12-7-9-16-29-27/h7,9,11-14,16,20,22-26,30-31H,5-6,8,10,15,17-19H2,1-2H3,(H,28,29)/b14-13+,21-11+/t20-,22-,23+,24-,25+,26+/m0/s1. The van der Waals surface area contributed by atoms with Crippen molar-refractivity contribution in [2.24, 2.45) is 23.7 Å². The number of hydrogen-bond donors (Lipinski definition) is 3. The number of fused-ring (bicyclic) bond motifs is 1. The average molecular weight is 423 g/mol. The molecule has 0 aliphatic heterocycles. The number of unbranched alkanes of at least 4 members (excludes halogenated alkanes) is 2. The summed E-state index contributed by atoms with van der Waals surface area (Å²) < 4.78 is 0. The molecule has 0 spiro atoms. The van der Waals surface area contributed by atoms with Gasteiger partial charge >= 0.3 is 0 Å². The molecule has 0 radical (unpaired) electrons. The smallest absolute Gasteiger partial charge is 0.125 e. The Morgan fingerprint density at radius 2 is 2.16 bits per heavy atom. The second kappa shape index (κ2) is 12.1. The molecule has 2 aliphatic carbocycles. The van der Waals surface area contributed by atoms with Crippen LogP contribution in [0.4, 0.5) is 5.82 Å². The summed E-state index contributed by atoms with van der Waals surface area (Å²) in [4.78, 5) is 4.28. The van der Waals surface area contributed by atoms with Crippen LogP contribution in [0.1, 0.15) is 58.8 Å². The number of anilines is 1. The maximum atomic E-state index is 10.6. The van der Waals surface area contributed by atoms with Gasteiger partial charge in [-0.15, -0.1) is 11.8 Å². The fourth-order valence-corrected chi connectivity index (χ4v) is 5.01. The minimum atomic E-state index is -0.497. The number of rotatable bonds is 10. The van der Waals surface area contributed by atoms with Crippen LogP contribution < -0.4 is 5.32 Å². The molecular formula is C27H38N2O2. The summed E-state index contributed by atoms with van der Waals surface area (Å²) in [5, 5.41) is 24.3. The second-order valence-electron chi connectivity index (χ2n) is 9.20. The van der Waals surface area contributed by atoms with Crippen LogP contribution in [0.5, 0.6) is 0 Å². The van der Waals surface area contributed by atoms with Crippen LogP contribution in [0, 0.1) is 35.5 Å². The number of nitrogens with one attached hydrogen (secondary N) is 1. The molecule has 3 rings (SSSR count). The van der Waals surface area contributed by atoms with Crippen LogP contribution in [0.15, 0.2) is 48.2 Å². The Morgan fingerprint density at radius 3 is 2.94 bits per heavy atom. The van der Waals surface area contributed by atoms with Gasteiger partial charge in [-0.3, -0.25) is 0 Å². The van der Waals surface area contributed by atoms with Crippen molar-refractivity contribution in [3.63, 3.8) is 0 Å². The summed E-state index contributed by atoms with van der Waals surface area (Å²) in [7, 11) is 0. The van der Waals surface area contributed by atoms with Gasteiger partial charge in [-0.25, -0.2) is 4.98 Å². The van der Waals surface area contributed by atoms with E-state index in [0.29, 0.717) is 18.3 Å². The van der Waals surface area contributed by atoms with E-state index in [1.165, 1.54) is 6.42 Å². The molecule has 4 heteroatoms. The number of aliphatic hydroxyl groups is 2. The highest BCUT2D eigenvalue weighted by Gasteiger charge is 2.44. The number of hydrogen-bond acceptors (Lipinski definition) is 4.